The van der Waals surface area contributed by atoms with Gasteiger partial charge in [0.15, 0.2) is 0 Å². The highest BCUT2D eigenvalue weighted by Gasteiger charge is 2.16. The van der Waals surface area contributed by atoms with Crippen LogP contribution in [0.15, 0.2) is 18.2 Å². The predicted molar refractivity (Wildman–Crippen MR) is 54.7 cm³/mol. The van der Waals surface area contributed by atoms with E-state index in [4.69, 9.17) is 11.6 Å². The summed E-state index contributed by atoms with van der Waals surface area (Å²) in [6, 6.07) is 4.26. The van der Waals surface area contributed by atoms with Crippen molar-refractivity contribution in [1.82, 2.24) is 0 Å². The normalized spacial score (nSPS) is 12.2. The molecule has 2 N–H and O–H groups in total. The molecule has 0 heterocycles. The number of carbonyl (C=O) groups is 1. The van der Waals surface area contributed by atoms with Crippen LogP contribution in [-0.2, 0) is 9.53 Å². The molecule has 0 aliphatic rings. The van der Waals surface area contributed by atoms with Crippen molar-refractivity contribution in [3.63, 3.8) is 0 Å². The van der Waals surface area contributed by atoms with Gasteiger partial charge in [-0.25, -0.2) is 0 Å². The molecule has 0 aliphatic carbocycles. The highest BCUT2D eigenvalue weighted by molar-refractivity contribution is 6.30. The average Bonchev–Trinajstić information content (AvgIpc) is 2.21. The van der Waals surface area contributed by atoms with Crippen molar-refractivity contribution in [1.29, 1.82) is 0 Å². The molecule has 0 aliphatic heterocycles. The van der Waals surface area contributed by atoms with E-state index in [2.05, 4.69) is 4.74 Å². The number of esters is 1. The van der Waals surface area contributed by atoms with Gasteiger partial charge in [-0.05, 0) is 18.2 Å². The number of phenols is 1. The lowest BCUT2D eigenvalue weighted by molar-refractivity contribution is -0.142. The van der Waals surface area contributed by atoms with E-state index in [-0.39, 0.29) is 17.7 Å². The number of methoxy groups -OCH3 is 1. The van der Waals surface area contributed by atoms with E-state index in [1.54, 1.807) is 0 Å². The number of aromatic hydroxyl groups is 1. The topological polar surface area (TPSA) is 66.8 Å². The molecule has 0 saturated heterocycles. The van der Waals surface area contributed by atoms with E-state index in [1.165, 1.54) is 25.3 Å². The maximum absolute atomic E-state index is 10.9. The minimum Gasteiger partial charge on any atom is -0.508 e. The second kappa shape index (κ2) is 5.00. The SMILES string of the molecule is COC(=O)CC(O)c1cc(Cl)ccc1O. The fourth-order valence-electron chi connectivity index (χ4n) is 1.14. The fourth-order valence-corrected chi connectivity index (χ4v) is 1.32. The van der Waals surface area contributed by atoms with Gasteiger partial charge in [0, 0.05) is 10.6 Å². The van der Waals surface area contributed by atoms with Gasteiger partial charge >= 0.3 is 5.97 Å². The molecule has 0 amide bonds. The lowest BCUT2D eigenvalue weighted by Crippen LogP contribution is -2.08. The van der Waals surface area contributed by atoms with Crippen LogP contribution in [0.25, 0.3) is 0 Å². The van der Waals surface area contributed by atoms with Crippen molar-refractivity contribution >= 4 is 17.6 Å². The monoisotopic (exact) mass is 230 g/mol. The summed E-state index contributed by atoms with van der Waals surface area (Å²) < 4.78 is 4.40. The van der Waals surface area contributed by atoms with Crippen molar-refractivity contribution in [2.45, 2.75) is 12.5 Å². The summed E-state index contributed by atoms with van der Waals surface area (Å²) in [4.78, 5) is 10.9. The first-order valence-electron chi connectivity index (χ1n) is 4.28. The highest BCUT2D eigenvalue weighted by Crippen LogP contribution is 2.29. The van der Waals surface area contributed by atoms with Crippen LogP contribution in [0.3, 0.4) is 0 Å². The van der Waals surface area contributed by atoms with Gasteiger partial charge < -0.3 is 14.9 Å². The largest absolute Gasteiger partial charge is 0.508 e. The Morgan fingerprint density at radius 2 is 2.27 bits per heavy atom. The van der Waals surface area contributed by atoms with Gasteiger partial charge in [0.2, 0.25) is 0 Å². The zero-order valence-electron chi connectivity index (χ0n) is 8.11. The quantitative estimate of drug-likeness (QED) is 0.775. The van der Waals surface area contributed by atoms with Crippen molar-refractivity contribution in [2.75, 3.05) is 7.11 Å². The summed E-state index contributed by atoms with van der Waals surface area (Å²) in [5, 5.41) is 19.4. The van der Waals surface area contributed by atoms with Crippen LogP contribution in [0.2, 0.25) is 5.02 Å². The van der Waals surface area contributed by atoms with E-state index in [1.807, 2.05) is 0 Å². The van der Waals surface area contributed by atoms with Crippen molar-refractivity contribution in [2.24, 2.45) is 0 Å². The zero-order valence-corrected chi connectivity index (χ0v) is 8.86. The molecule has 4 nitrogen and oxygen atoms in total. The Hall–Kier alpha value is -1.26. The van der Waals surface area contributed by atoms with Crippen LogP contribution in [0, 0.1) is 0 Å². The maximum atomic E-state index is 10.9. The number of hydrogen-bond donors (Lipinski definition) is 2. The summed E-state index contributed by atoms with van der Waals surface area (Å²) in [5.41, 5.74) is 0.216. The Labute approximate surface area is 92.1 Å². The molecule has 0 fully saturated rings. The highest BCUT2D eigenvalue weighted by atomic mass is 35.5. The lowest BCUT2D eigenvalue weighted by atomic mass is 10.1. The van der Waals surface area contributed by atoms with Crippen LogP contribution in [0.4, 0.5) is 0 Å². The van der Waals surface area contributed by atoms with Crippen LogP contribution in [0.5, 0.6) is 5.75 Å². The molecule has 5 heteroatoms. The Morgan fingerprint density at radius 3 is 2.87 bits per heavy atom. The summed E-state index contributed by atoms with van der Waals surface area (Å²) in [6.07, 6.45) is -1.33. The zero-order chi connectivity index (χ0) is 11.4. The van der Waals surface area contributed by atoms with Crippen LogP contribution >= 0.6 is 11.6 Å². The molecule has 1 aromatic carbocycles. The molecule has 0 bridgehead atoms. The third kappa shape index (κ3) is 3.11. The van der Waals surface area contributed by atoms with Gasteiger partial charge in [-0.1, -0.05) is 11.6 Å². The molecule has 0 radical (unpaired) electrons. The van der Waals surface area contributed by atoms with Crippen molar-refractivity contribution in [3.8, 4) is 5.75 Å². The number of hydrogen-bond acceptors (Lipinski definition) is 4. The second-order valence-corrected chi connectivity index (χ2v) is 3.44. The standard InChI is InChI=1S/C10H11ClO4/c1-15-10(14)5-9(13)7-4-6(11)2-3-8(7)12/h2-4,9,12-13H,5H2,1H3. The number of aliphatic hydroxyl groups is 1. The first-order valence-corrected chi connectivity index (χ1v) is 4.65. The Balaban J connectivity index is 2.85. The minimum absolute atomic E-state index is 0.101. The van der Waals surface area contributed by atoms with Gasteiger partial charge in [0.25, 0.3) is 0 Å². The Bertz CT molecular complexity index is 364. The molecule has 1 aromatic rings. The van der Waals surface area contributed by atoms with Crippen molar-refractivity contribution < 1.29 is 19.7 Å². The first kappa shape index (κ1) is 11.8. The average molecular weight is 231 g/mol. The molecule has 82 valence electrons. The van der Waals surface area contributed by atoms with Gasteiger partial charge in [0.1, 0.15) is 5.75 Å². The number of benzene rings is 1. The van der Waals surface area contributed by atoms with E-state index in [0.717, 1.165) is 0 Å². The van der Waals surface area contributed by atoms with Crippen LogP contribution in [0.1, 0.15) is 18.1 Å². The number of ether oxygens (including phenoxy) is 1. The molecule has 1 atom stereocenters. The fraction of sp³-hybridized carbons (Fsp3) is 0.300. The number of aliphatic hydroxyl groups excluding tert-OH is 1. The van der Waals surface area contributed by atoms with E-state index in [0.29, 0.717) is 5.02 Å². The molecule has 0 saturated carbocycles. The van der Waals surface area contributed by atoms with E-state index < -0.39 is 12.1 Å². The lowest BCUT2D eigenvalue weighted by Gasteiger charge is -2.11. The van der Waals surface area contributed by atoms with Crippen molar-refractivity contribution in [3.05, 3.63) is 28.8 Å². The third-order valence-electron chi connectivity index (χ3n) is 1.94. The molecular weight excluding hydrogens is 220 g/mol. The second-order valence-electron chi connectivity index (χ2n) is 3.00. The van der Waals surface area contributed by atoms with Gasteiger partial charge in [-0.15, -0.1) is 0 Å². The molecular formula is C10H11ClO4. The van der Waals surface area contributed by atoms with Gasteiger partial charge in [-0.3, -0.25) is 4.79 Å². The van der Waals surface area contributed by atoms with Crippen LogP contribution < -0.4 is 0 Å². The van der Waals surface area contributed by atoms with E-state index in [9.17, 15) is 15.0 Å². The Morgan fingerprint density at radius 1 is 1.60 bits per heavy atom. The van der Waals surface area contributed by atoms with Gasteiger partial charge in [0.05, 0.1) is 19.6 Å². The number of carbonyl (C=O) groups excluding carboxylic acids is 1. The third-order valence-corrected chi connectivity index (χ3v) is 2.17. The maximum Gasteiger partial charge on any atom is 0.308 e. The van der Waals surface area contributed by atoms with E-state index >= 15 is 0 Å². The molecule has 0 spiro atoms. The molecule has 1 unspecified atom stereocenters. The first-order chi connectivity index (χ1) is 7.04. The molecule has 15 heavy (non-hydrogen) atoms. The van der Waals surface area contributed by atoms with Gasteiger partial charge in [-0.2, -0.15) is 0 Å². The summed E-state index contributed by atoms with van der Waals surface area (Å²) >= 11 is 5.69. The smallest absolute Gasteiger partial charge is 0.308 e. The minimum atomic E-state index is -1.11. The molecule has 1 rings (SSSR count). The number of phenolic OH excluding ortho intramolecular Hbond substituents is 1. The summed E-state index contributed by atoms with van der Waals surface area (Å²) in [7, 11) is 1.23. The summed E-state index contributed by atoms with van der Waals surface area (Å²) in [5.74, 6) is -0.655. The van der Waals surface area contributed by atoms with Crippen LogP contribution in [-0.4, -0.2) is 23.3 Å². The predicted octanol–water partition coefficient (Wildman–Crippen LogP) is 1.64. The molecule has 0 aromatic heterocycles. The number of halogens is 1. The summed E-state index contributed by atoms with van der Waals surface area (Å²) in [6.45, 7) is 0. The Kier molecular flexibility index (Phi) is 3.94. The number of rotatable bonds is 3.